The minimum absolute atomic E-state index is 0.180. The Morgan fingerprint density at radius 2 is 2.09 bits per heavy atom. The van der Waals surface area contributed by atoms with Crippen molar-refractivity contribution in [1.29, 1.82) is 0 Å². The molecule has 2 aromatic heterocycles. The molecule has 4 rings (SSSR count). The van der Waals surface area contributed by atoms with Crippen LogP contribution in [0.2, 0.25) is 0 Å². The first-order valence-electron chi connectivity index (χ1n) is 10.8. The van der Waals surface area contributed by atoms with Crippen LogP contribution in [0.5, 0.6) is 0 Å². The van der Waals surface area contributed by atoms with Gasteiger partial charge < -0.3 is 20.1 Å². The van der Waals surface area contributed by atoms with Crippen molar-refractivity contribution < 1.29 is 23.5 Å². The van der Waals surface area contributed by atoms with E-state index < -0.39 is 23.4 Å². The van der Waals surface area contributed by atoms with Crippen LogP contribution in [0.4, 0.5) is 26.5 Å². The Balaban J connectivity index is 1.86. The van der Waals surface area contributed by atoms with E-state index in [0.717, 1.165) is 5.56 Å². The molecule has 0 saturated carbocycles. The SMILES string of the molecule is C[C@@H]1COCc2ccc(F)c(c2)Nc2cc(N(C)C(=O)OC(C)(C)C)n3ncc(c3n2)C(=O)N1. The zero-order valence-electron chi connectivity index (χ0n) is 19.7. The fourth-order valence-corrected chi connectivity index (χ4v) is 3.43. The zero-order chi connectivity index (χ0) is 24.6. The van der Waals surface area contributed by atoms with Crippen LogP contribution in [0.25, 0.3) is 5.65 Å². The maximum atomic E-state index is 14.6. The molecular formula is C23H27FN6O4. The normalized spacial score (nSPS) is 16.5. The summed E-state index contributed by atoms with van der Waals surface area (Å²) in [5, 5.41) is 10.1. The van der Waals surface area contributed by atoms with Gasteiger partial charge in [0.25, 0.3) is 5.91 Å². The van der Waals surface area contributed by atoms with E-state index in [1.54, 1.807) is 32.9 Å². The molecule has 1 aromatic carbocycles. The van der Waals surface area contributed by atoms with Gasteiger partial charge in [-0.15, -0.1) is 0 Å². The molecule has 1 atom stereocenters. The molecule has 0 saturated heterocycles. The van der Waals surface area contributed by atoms with Gasteiger partial charge in [-0.25, -0.2) is 14.2 Å². The number of hydrogen-bond acceptors (Lipinski definition) is 7. The van der Waals surface area contributed by atoms with Gasteiger partial charge in [-0.1, -0.05) is 6.07 Å². The summed E-state index contributed by atoms with van der Waals surface area (Å²) in [5.74, 6) is -0.391. The Morgan fingerprint density at radius 1 is 1.32 bits per heavy atom. The fraction of sp³-hybridized carbons (Fsp3) is 0.391. The van der Waals surface area contributed by atoms with Gasteiger partial charge in [0.1, 0.15) is 28.6 Å². The molecule has 180 valence electrons. The number of ether oxygens (including phenoxy) is 2. The van der Waals surface area contributed by atoms with Crippen LogP contribution in [0.3, 0.4) is 0 Å². The summed E-state index contributed by atoms with van der Waals surface area (Å²) in [6.45, 7) is 7.59. The van der Waals surface area contributed by atoms with E-state index in [1.807, 2.05) is 6.92 Å². The minimum Gasteiger partial charge on any atom is -0.443 e. The van der Waals surface area contributed by atoms with Crippen molar-refractivity contribution in [1.82, 2.24) is 19.9 Å². The van der Waals surface area contributed by atoms with Gasteiger partial charge in [0.05, 0.1) is 25.1 Å². The average Bonchev–Trinajstić information content (AvgIpc) is 3.17. The van der Waals surface area contributed by atoms with E-state index in [9.17, 15) is 14.0 Å². The molecule has 0 aliphatic carbocycles. The summed E-state index contributed by atoms with van der Waals surface area (Å²) in [4.78, 5) is 31.5. The topological polar surface area (TPSA) is 110 Å². The minimum atomic E-state index is -0.719. The highest BCUT2D eigenvalue weighted by atomic mass is 19.1. The number of fused-ring (bicyclic) bond motifs is 3. The van der Waals surface area contributed by atoms with Crippen LogP contribution in [0.15, 0.2) is 30.5 Å². The molecule has 1 aliphatic rings. The summed E-state index contributed by atoms with van der Waals surface area (Å²) in [5.41, 5.74) is 0.593. The van der Waals surface area contributed by atoms with E-state index in [2.05, 4.69) is 20.7 Å². The predicted octanol–water partition coefficient (Wildman–Crippen LogP) is 3.63. The molecule has 0 spiro atoms. The van der Waals surface area contributed by atoms with Crippen LogP contribution in [0.1, 0.15) is 43.6 Å². The van der Waals surface area contributed by atoms with Crippen LogP contribution in [-0.4, -0.2) is 51.9 Å². The number of rotatable bonds is 1. The van der Waals surface area contributed by atoms with Gasteiger partial charge in [-0.05, 0) is 45.4 Å². The number of anilines is 3. The van der Waals surface area contributed by atoms with Gasteiger partial charge in [0.2, 0.25) is 0 Å². The lowest BCUT2D eigenvalue weighted by molar-refractivity contribution is 0.0587. The third kappa shape index (κ3) is 4.93. The highest BCUT2D eigenvalue weighted by Gasteiger charge is 2.26. The number of carbonyl (C=O) groups excluding carboxylic acids is 2. The van der Waals surface area contributed by atoms with E-state index in [0.29, 0.717) is 0 Å². The Kier molecular flexibility index (Phi) is 6.13. The predicted molar refractivity (Wildman–Crippen MR) is 124 cm³/mol. The molecule has 0 fully saturated rings. The van der Waals surface area contributed by atoms with E-state index in [1.165, 1.54) is 34.8 Å². The number of nitrogens with zero attached hydrogens (tertiary/aromatic N) is 4. The lowest BCUT2D eigenvalue weighted by atomic mass is 10.2. The van der Waals surface area contributed by atoms with Crippen molar-refractivity contribution in [3.8, 4) is 0 Å². The lowest BCUT2D eigenvalue weighted by Gasteiger charge is -2.25. The maximum absolute atomic E-state index is 14.6. The van der Waals surface area contributed by atoms with Gasteiger partial charge in [0.15, 0.2) is 5.65 Å². The highest BCUT2D eigenvalue weighted by Crippen LogP contribution is 2.27. The van der Waals surface area contributed by atoms with Crippen LogP contribution >= 0.6 is 0 Å². The summed E-state index contributed by atoms with van der Waals surface area (Å²) >= 11 is 0. The number of benzene rings is 1. The molecule has 2 N–H and O–H groups in total. The van der Waals surface area contributed by atoms with Gasteiger partial charge in [-0.3, -0.25) is 9.69 Å². The van der Waals surface area contributed by atoms with Crippen LogP contribution in [-0.2, 0) is 16.1 Å². The van der Waals surface area contributed by atoms with Crippen molar-refractivity contribution >= 4 is 35.0 Å². The van der Waals surface area contributed by atoms with Gasteiger partial charge >= 0.3 is 6.09 Å². The molecule has 0 radical (unpaired) electrons. The Labute approximate surface area is 196 Å². The summed E-state index contributed by atoms with van der Waals surface area (Å²) < 4.78 is 27.1. The van der Waals surface area contributed by atoms with E-state index in [4.69, 9.17) is 9.47 Å². The van der Waals surface area contributed by atoms with Gasteiger partial charge in [-0.2, -0.15) is 9.61 Å². The second-order valence-electron chi connectivity index (χ2n) is 9.16. The smallest absolute Gasteiger partial charge is 0.415 e. The Morgan fingerprint density at radius 3 is 2.82 bits per heavy atom. The Hall–Kier alpha value is -3.73. The average molecular weight is 471 g/mol. The summed E-state index contributed by atoms with van der Waals surface area (Å²) in [6.07, 6.45) is 0.745. The summed E-state index contributed by atoms with van der Waals surface area (Å²) in [7, 11) is 1.52. The monoisotopic (exact) mass is 470 g/mol. The maximum Gasteiger partial charge on any atom is 0.415 e. The molecule has 34 heavy (non-hydrogen) atoms. The fourth-order valence-electron chi connectivity index (χ4n) is 3.43. The molecule has 4 bridgehead atoms. The standard InChI is InChI=1S/C23H27FN6O4/c1-13-11-33-12-14-6-7-16(24)17(8-14)27-18-9-19(29(5)22(32)34-23(2,3)4)30-20(28-18)15(10-25-30)21(31)26-13/h6-10,13H,11-12H2,1-5H3,(H,26,31)(H,27,28)/t13-/m1/s1. The molecular weight excluding hydrogens is 443 g/mol. The second kappa shape index (κ2) is 8.90. The first-order valence-corrected chi connectivity index (χ1v) is 10.8. The largest absolute Gasteiger partial charge is 0.443 e. The number of amides is 2. The molecule has 1 aliphatic heterocycles. The van der Waals surface area contributed by atoms with Crippen molar-refractivity contribution in [2.75, 3.05) is 23.9 Å². The van der Waals surface area contributed by atoms with Crippen molar-refractivity contribution in [3.63, 3.8) is 0 Å². The second-order valence-corrected chi connectivity index (χ2v) is 9.16. The molecule has 3 heterocycles. The molecule has 11 heteroatoms. The highest BCUT2D eigenvalue weighted by molar-refractivity contribution is 6.00. The number of hydrogen-bond donors (Lipinski definition) is 2. The van der Waals surface area contributed by atoms with Crippen molar-refractivity contribution in [3.05, 3.63) is 47.4 Å². The third-order valence-electron chi connectivity index (χ3n) is 5.02. The van der Waals surface area contributed by atoms with Crippen LogP contribution in [0, 0.1) is 5.82 Å². The first kappa shape index (κ1) is 23.4. The molecule has 10 nitrogen and oxygen atoms in total. The Bertz CT molecular complexity index is 1250. The summed E-state index contributed by atoms with van der Waals surface area (Å²) in [6, 6.07) is 5.83. The van der Waals surface area contributed by atoms with E-state index >= 15 is 0 Å². The first-order chi connectivity index (χ1) is 16.0. The third-order valence-corrected chi connectivity index (χ3v) is 5.02. The number of aromatic nitrogens is 3. The number of carbonyl (C=O) groups is 2. The van der Waals surface area contributed by atoms with Crippen molar-refractivity contribution in [2.24, 2.45) is 0 Å². The zero-order valence-corrected chi connectivity index (χ0v) is 19.7. The molecule has 2 amide bonds. The lowest BCUT2D eigenvalue weighted by Crippen LogP contribution is -2.36. The van der Waals surface area contributed by atoms with Crippen LogP contribution < -0.4 is 15.5 Å². The number of halogens is 1. The quantitative estimate of drug-likeness (QED) is 0.559. The van der Waals surface area contributed by atoms with Gasteiger partial charge in [0, 0.05) is 19.2 Å². The number of nitrogens with one attached hydrogen (secondary N) is 2. The molecule has 0 unspecified atom stereocenters. The van der Waals surface area contributed by atoms with Crippen molar-refractivity contribution in [2.45, 2.75) is 45.9 Å². The molecule has 3 aromatic rings. The van der Waals surface area contributed by atoms with E-state index in [-0.39, 0.29) is 47.8 Å².